The molecule has 178 valence electrons. The zero-order valence-electron chi connectivity index (χ0n) is 18.4. The lowest BCUT2D eigenvalue weighted by Crippen LogP contribution is -2.40. The van der Waals surface area contributed by atoms with E-state index in [9.17, 15) is 9.59 Å². The summed E-state index contributed by atoms with van der Waals surface area (Å²) >= 11 is 12.2. The molecule has 4 rings (SSSR count). The number of nitrogens with one attached hydrogen (secondary N) is 1. The Morgan fingerprint density at radius 1 is 1.15 bits per heavy atom. The summed E-state index contributed by atoms with van der Waals surface area (Å²) in [4.78, 5) is 31.2. The van der Waals surface area contributed by atoms with E-state index >= 15 is 0 Å². The summed E-state index contributed by atoms with van der Waals surface area (Å²) in [6, 6.07) is 10.2. The summed E-state index contributed by atoms with van der Waals surface area (Å²) in [5.41, 5.74) is 1.67. The van der Waals surface area contributed by atoms with Gasteiger partial charge in [-0.3, -0.25) is 14.6 Å². The maximum atomic E-state index is 13.3. The minimum atomic E-state index is -0.336. The Kier molecular flexibility index (Phi) is 8.16. The molecule has 1 N–H and O–H groups in total. The van der Waals surface area contributed by atoms with E-state index in [2.05, 4.69) is 15.5 Å². The first-order valence-electron chi connectivity index (χ1n) is 11.0. The number of pyridine rings is 1. The van der Waals surface area contributed by atoms with Crippen LogP contribution in [0.25, 0.3) is 11.3 Å². The number of amides is 2. The number of rotatable bonds is 9. The van der Waals surface area contributed by atoms with Crippen molar-refractivity contribution in [2.45, 2.75) is 31.9 Å². The van der Waals surface area contributed by atoms with Crippen LogP contribution in [0, 0.1) is 0 Å². The van der Waals surface area contributed by atoms with E-state index in [4.69, 9.17) is 32.5 Å². The van der Waals surface area contributed by atoms with Crippen LogP contribution in [-0.4, -0.2) is 52.7 Å². The van der Waals surface area contributed by atoms with Gasteiger partial charge in [0.2, 0.25) is 5.91 Å². The molecule has 0 aliphatic carbocycles. The Morgan fingerprint density at radius 3 is 2.71 bits per heavy atom. The number of nitrogens with zero attached hydrogens (tertiary/aromatic N) is 3. The molecular formula is C24H24Cl2N4O4. The van der Waals surface area contributed by atoms with E-state index in [1.165, 1.54) is 0 Å². The average molecular weight is 503 g/mol. The Morgan fingerprint density at radius 2 is 1.97 bits per heavy atom. The number of carbonyl (C=O) groups excluding carboxylic acids is 2. The monoisotopic (exact) mass is 502 g/mol. The van der Waals surface area contributed by atoms with Crippen LogP contribution in [0.5, 0.6) is 0 Å². The number of hydrogen-bond donors (Lipinski definition) is 1. The van der Waals surface area contributed by atoms with Gasteiger partial charge in [0.15, 0.2) is 11.5 Å². The first kappa shape index (κ1) is 24.2. The zero-order valence-corrected chi connectivity index (χ0v) is 19.9. The molecule has 1 atom stereocenters. The maximum absolute atomic E-state index is 13.3. The minimum absolute atomic E-state index is 0.0686. The summed E-state index contributed by atoms with van der Waals surface area (Å²) < 4.78 is 11.1. The second kappa shape index (κ2) is 11.5. The topological polar surface area (TPSA) is 97.6 Å². The Bertz CT molecular complexity index is 1130. The van der Waals surface area contributed by atoms with Crippen molar-refractivity contribution in [2.24, 2.45) is 0 Å². The molecule has 0 unspecified atom stereocenters. The number of benzene rings is 1. The smallest absolute Gasteiger partial charge is 0.276 e. The van der Waals surface area contributed by atoms with Crippen molar-refractivity contribution in [3.63, 3.8) is 0 Å². The van der Waals surface area contributed by atoms with Gasteiger partial charge in [-0.15, -0.1) is 0 Å². The van der Waals surface area contributed by atoms with Crippen LogP contribution < -0.4 is 5.32 Å². The molecule has 0 spiro atoms. The Hall–Kier alpha value is -2.94. The van der Waals surface area contributed by atoms with E-state index in [0.717, 1.165) is 18.4 Å². The number of ether oxygens (including phenoxy) is 1. The second-order valence-corrected chi connectivity index (χ2v) is 8.81. The van der Waals surface area contributed by atoms with Gasteiger partial charge in [-0.05, 0) is 48.7 Å². The predicted octanol–water partition coefficient (Wildman–Crippen LogP) is 4.37. The lowest BCUT2D eigenvalue weighted by atomic mass is 10.1. The third-order valence-corrected chi connectivity index (χ3v) is 6.06. The third-order valence-electron chi connectivity index (χ3n) is 5.51. The third kappa shape index (κ3) is 6.34. The van der Waals surface area contributed by atoms with Gasteiger partial charge in [0, 0.05) is 61.7 Å². The summed E-state index contributed by atoms with van der Waals surface area (Å²) in [5.74, 6) is -0.134. The largest absolute Gasteiger partial charge is 0.376 e. The first-order valence-corrected chi connectivity index (χ1v) is 11.7. The molecule has 0 bridgehead atoms. The van der Waals surface area contributed by atoms with Crippen LogP contribution in [0.15, 0.2) is 53.3 Å². The molecule has 1 saturated heterocycles. The highest BCUT2D eigenvalue weighted by Crippen LogP contribution is 2.31. The molecule has 8 nitrogen and oxygen atoms in total. The van der Waals surface area contributed by atoms with Crippen molar-refractivity contribution in [3.8, 4) is 11.3 Å². The van der Waals surface area contributed by atoms with Crippen LogP contribution >= 0.6 is 23.2 Å². The fourth-order valence-electron chi connectivity index (χ4n) is 3.69. The van der Waals surface area contributed by atoms with Crippen molar-refractivity contribution < 1.29 is 18.8 Å². The van der Waals surface area contributed by atoms with Gasteiger partial charge in [0.25, 0.3) is 5.91 Å². The van der Waals surface area contributed by atoms with Crippen LogP contribution in [0.4, 0.5) is 0 Å². The van der Waals surface area contributed by atoms with Gasteiger partial charge in [0.05, 0.1) is 11.1 Å². The molecule has 2 aromatic heterocycles. The van der Waals surface area contributed by atoms with Crippen molar-refractivity contribution in [1.82, 2.24) is 20.4 Å². The zero-order chi connectivity index (χ0) is 23.9. The normalized spacial score (nSPS) is 15.3. The molecule has 10 heteroatoms. The molecule has 3 aromatic rings. The Labute approximate surface area is 207 Å². The summed E-state index contributed by atoms with van der Waals surface area (Å²) in [6.45, 7) is 1.67. The van der Waals surface area contributed by atoms with Crippen LogP contribution in [0.2, 0.25) is 10.0 Å². The summed E-state index contributed by atoms with van der Waals surface area (Å²) in [6.07, 6.45) is 5.24. The van der Waals surface area contributed by atoms with Crippen molar-refractivity contribution in [2.75, 3.05) is 19.7 Å². The molecule has 1 aromatic carbocycles. The quantitative estimate of drug-likeness (QED) is 0.466. The minimum Gasteiger partial charge on any atom is -0.376 e. The first-order chi connectivity index (χ1) is 16.5. The molecule has 2 amide bonds. The number of halogens is 2. The molecule has 0 saturated carbocycles. The molecule has 1 fully saturated rings. The lowest BCUT2D eigenvalue weighted by molar-refractivity contribution is -0.121. The molecule has 1 aliphatic rings. The van der Waals surface area contributed by atoms with E-state index in [1.807, 2.05) is 12.1 Å². The number of hydrogen-bond acceptors (Lipinski definition) is 6. The van der Waals surface area contributed by atoms with E-state index < -0.39 is 0 Å². The molecule has 34 heavy (non-hydrogen) atoms. The average Bonchev–Trinajstić information content (AvgIpc) is 3.53. The van der Waals surface area contributed by atoms with Gasteiger partial charge in [-0.1, -0.05) is 28.4 Å². The highest BCUT2D eigenvalue weighted by atomic mass is 35.5. The summed E-state index contributed by atoms with van der Waals surface area (Å²) in [5, 5.41) is 7.71. The Balaban J connectivity index is 1.42. The van der Waals surface area contributed by atoms with Crippen LogP contribution in [0.3, 0.4) is 0 Å². The van der Waals surface area contributed by atoms with E-state index in [-0.39, 0.29) is 36.6 Å². The van der Waals surface area contributed by atoms with Crippen molar-refractivity contribution in [1.29, 1.82) is 0 Å². The fraction of sp³-hybridized carbons (Fsp3) is 0.333. The maximum Gasteiger partial charge on any atom is 0.276 e. The summed E-state index contributed by atoms with van der Waals surface area (Å²) in [7, 11) is 0. The van der Waals surface area contributed by atoms with Gasteiger partial charge >= 0.3 is 0 Å². The van der Waals surface area contributed by atoms with Gasteiger partial charge in [0.1, 0.15) is 0 Å². The molecule has 1 aliphatic heterocycles. The molecular weight excluding hydrogens is 479 g/mol. The van der Waals surface area contributed by atoms with Gasteiger partial charge < -0.3 is 19.5 Å². The second-order valence-electron chi connectivity index (χ2n) is 7.97. The predicted molar refractivity (Wildman–Crippen MR) is 128 cm³/mol. The number of aromatic nitrogens is 2. The van der Waals surface area contributed by atoms with E-state index in [1.54, 1.807) is 41.6 Å². The lowest BCUT2D eigenvalue weighted by Gasteiger charge is -2.24. The van der Waals surface area contributed by atoms with E-state index in [0.29, 0.717) is 41.1 Å². The number of carbonyl (C=O) groups is 2. The fourth-order valence-corrected chi connectivity index (χ4v) is 4.19. The highest BCUT2D eigenvalue weighted by molar-refractivity contribution is 6.36. The van der Waals surface area contributed by atoms with Crippen molar-refractivity contribution in [3.05, 3.63) is 70.1 Å². The van der Waals surface area contributed by atoms with Crippen molar-refractivity contribution >= 4 is 35.0 Å². The van der Waals surface area contributed by atoms with Gasteiger partial charge in [-0.25, -0.2) is 0 Å². The SMILES string of the molecule is O=C(CCN(C[C@@H]1CCCO1)C(=O)c1cc(-c2ccc(Cl)cc2Cl)on1)NCc1ccncc1. The van der Waals surface area contributed by atoms with Gasteiger partial charge in [-0.2, -0.15) is 0 Å². The molecule has 3 heterocycles. The highest BCUT2D eigenvalue weighted by Gasteiger charge is 2.26. The standard InChI is InChI=1S/C24H24Cl2N4O4/c25-17-3-4-19(20(26)12-17)22-13-21(29-34-22)24(32)30(15-18-2-1-11-33-18)10-7-23(31)28-14-16-5-8-27-9-6-16/h3-6,8-9,12-13,18H,1-2,7,10-11,14-15H2,(H,28,31)/t18-/m0/s1. The van der Waals surface area contributed by atoms with Crippen LogP contribution in [-0.2, 0) is 16.1 Å². The molecule has 0 radical (unpaired) electrons. The van der Waals surface area contributed by atoms with Crippen LogP contribution in [0.1, 0.15) is 35.3 Å².